The highest BCUT2D eigenvalue weighted by atomic mass is 16.5. The van der Waals surface area contributed by atoms with Crippen LogP contribution in [0.5, 0.6) is 5.75 Å². The van der Waals surface area contributed by atoms with Gasteiger partial charge in [0.15, 0.2) is 5.82 Å². The fraction of sp³-hybridized carbons (Fsp3) is 0.231. The maximum absolute atomic E-state index is 8.75. The fourth-order valence-electron chi connectivity index (χ4n) is 1.52. The summed E-state index contributed by atoms with van der Waals surface area (Å²) in [5, 5.41) is 11.8. The number of hydrogen-bond donors (Lipinski definition) is 2. The number of hydrogen-bond acceptors (Lipinski definition) is 5. The number of methoxy groups -OCH3 is 1. The monoisotopic (exact) mass is 245 g/mol. The van der Waals surface area contributed by atoms with Gasteiger partial charge in [0, 0.05) is 18.3 Å². The molecule has 0 aliphatic carbocycles. The highest BCUT2D eigenvalue weighted by molar-refractivity contribution is 5.57. The zero-order valence-corrected chi connectivity index (χ0v) is 10.1. The Hall–Kier alpha value is -2.14. The van der Waals surface area contributed by atoms with Crippen molar-refractivity contribution in [2.45, 2.75) is 0 Å². The highest BCUT2D eigenvalue weighted by Crippen LogP contribution is 2.19. The Kier molecular flexibility index (Phi) is 4.09. The van der Waals surface area contributed by atoms with Crippen molar-refractivity contribution in [2.24, 2.45) is 0 Å². The van der Waals surface area contributed by atoms with E-state index in [1.807, 2.05) is 24.3 Å². The molecular formula is C13H15N3O2. The minimum atomic E-state index is 0.0713. The number of aromatic nitrogens is 2. The van der Waals surface area contributed by atoms with E-state index in [0.29, 0.717) is 18.2 Å². The Bertz CT molecular complexity index is 500. The predicted molar refractivity (Wildman–Crippen MR) is 69.6 cm³/mol. The second kappa shape index (κ2) is 5.97. The summed E-state index contributed by atoms with van der Waals surface area (Å²) in [6.45, 7) is 0.543. The van der Waals surface area contributed by atoms with E-state index in [9.17, 15) is 0 Å². The molecule has 0 saturated carbocycles. The van der Waals surface area contributed by atoms with Crippen LogP contribution in [0.1, 0.15) is 0 Å². The van der Waals surface area contributed by atoms with Gasteiger partial charge < -0.3 is 15.2 Å². The van der Waals surface area contributed by atoms with E-state index in [1.54, 1.807) is 19.4 Å². The minimum Gasteiger partial charge on any atom is -0.497 e. The minimum absolute atomic E-state index is 0.0713. The van der Waals surface area contributed by atoms with Gasteiger partial charge in [0.2, 0.25) is 0 Å². The lowest BCUT2D eigenvalue weighted by Crippen LogP contribution is -2.07. The van der Waals surface area contributed by atoms with Crippen molar-refractivity contribution in [1.29, 1.82) is 0 Å². The molecule has 0 saturated heterocycles. The molecule has 0 bridgehead atoms. The van der Waals surface area contributed by atoms with Gasteiger partial charge in [0.05, 0.1) is 13.7 Å². The molecule has 5 heteroatoms. The third-order valence-corrected chi connectivity index (χ3v) is 2.42. The molecule has 0 spiro atoms. The molecule has 0 amide bonds. The molecule has 5 nitrogen and oxygen atoms in total. The van der Waals surface area contributed by atoms with Crippen LogP contribution < -0.4 is 10.1 Å². The number of nitrogens with one attached hydrogen (secondary N) is 1. The summed E-state index contributed by atoms with van der Waals surface area (Å²) >= 11 is 0. The first-order valence-electron chi connectivity index (χ1n) is 5.65. The van der Waals surface area contributed by atoms with E-state index in [1.165, 1.54) is 0 Å². The highest BCUT2D eigenvalue weighted by Gasteiger charge is 2.02. The van der Waals surface area contributed by atoms with E-state index >= 15 is 0 Å². The molecule has 0 aliphatic heterocycles. The molecule has 1 heterocycles. The van der Waals surface area contributed by atoms with Crippen LogP contribution in [0.3, 0.4) is 0 Å². The van der Waals surface area contributed by atoms with Crippen molar-refractivity contribution >= 4 is 5.82 Å². The molecular weight excluding hydrogens is 230 g/mol. The Morgan fingerprint density at radius 3 is 2.67 bits per heavy atom. The van der Waals surface area contributed by atoms with E-state index < -0.39 is 0 Å². The summed E-state index contributed by atoms with van der Waals surface area (Å²) in [5.41, 5.74) is 0.920. The summed E-state index contributed by atoms with van der Waals surface area (Å²) in [6.07, 6.45) is 1.69. The Morgan fingerprint density at radius 2 is 2.00 bits per heavy atom. The molecule has 1 aromatic carbocycles. The number of ether oxygens (including phenoxy) is 1. The van der Waals surface area contributed by atoms with Crippen LogP contribution in [0, 0.1) is 0 Å². The third kappa shape index (κ3) is 2.95. The lowest BCUT2D eigenvalue weighted by Gasteiger charge is -2.06. The van der Waals surface area contributed by atoms with Gasteiger partial charge in [0.25, 0.3) is 0 Å². The fourth-order valence-corrected chi connectivity index (χ4v) is 1.52. The molecule has 2 rings (SSSR count). The molecule has 0 unspecified atom stereocenters. The largest absolute Gasteiger partial charge is 0.497 e. The first kappa shape index (κ1) is 12.3. The normalized spacial score (nSPS) is 10.1. The molecule has 0 aliphatic rings. The Morgan fingerprint density at radius 1 is 1.22 bits per heavy atom. The van der Waals surface area contributed by atoms with E-state index in [2.05, 4.69) is 15.3 Å². The summed E-state index contributed by atoms with van der Waals surface area (Å²) in [7, 11) is 1.63. The molecule has 2 aromatic rings. The average molecular weight is 245 g/mol. The first-order valence-corrected chi connectivity index (χ1v) is 5.65. The zero-order chi connectivity index (χ0) is 12.8. The quantitative estimate of drug-likeness (QED) is 0.836. The van der Waals surface area contributed by atoms with Gasteiger partial charge in [-0.2, -0.15) is 0 Å². The second-order valence-corrected chi connectivity index (χ2v) is 3.64. The summed E-state index contributed by atoms with van der Waals surface area (Å²) in [4.78, 5) is 8.58. The average Bonchev–Trinajstić information content (AvgIpc) is 2.45. The van der Waals surface area contributed by atoms with Gasteiger partial charge in [-0.3, -0.25) is 0 Å². The van der Waals surface area contributed by atoms with E-state index in [4.69, 9.17) is 9.84 Å². The van der Waals surface area contributed by atoms with Crippen LogP contribution in [0.4, 0.5) is 5.82 Å². The van der Waals surface area contributed by atoms with Crippen molar-refractivity contribution in [2.75, 3.05) is 25.6 Å². The maximum atomic E-state index is 8.75. The van der Waals surface area contributed by atoms with Gasteiger partial charge in [-0.15, -0.1) is 0 Å². The first-order chi connectivity index (χ1) is 8.83. The van der Waals surface area contributed by atoms with Gasteiger partial charge in [-0.1, -0.05) is 0 Å². The third-order valence-electron chi connectivity index (χ3n) is 2.42. The maximum Gasteiger partial charge on any atom is 0.161 e. The SMILES string of the molecule is COc1ccc(-c2nccc(NCCO)n2)cc1. The van der Waals surface area contributed by atoms with Crippen molar-refractivity contribution in [3.8, 4) is 17.1 Å². The summed E-state index contributed by atoms with van der Waals surface area (Å²) in [6, 6.07) is 9.32. The number of aliphatic hydroxyl groups is 1. The summed E-state index contributed by atoms with van der Waals surface area (Å²) in [5.74, 6) is 2.14. The van der Waals surface area contributed by atoms with Gasteiger partial charge in [-0.05, 0) is 30.3 Å². The van der Waals surface area contributed by atoms with Gasteiger partial charge >= 0.3 is 0 Å². The van der Waals surface area contributed by atoms with Crippen molar-refractivity contribution < 1.29 is 9.84 Å². The lowest BCUT2D eigenvalue weighted by atomic mass is 10.2. The zero-order valence-electron chi connectivity index (χ0n) is 10.1. The van der Waals surface area contributed by atoms with Gasteiger partial charge in [0.1, 0.15) is 11.6 Å². The number of anilines is 1. The van der Waals surface area contributed by atoms with Crippen LogP contribution in [0.25, 0.3) is 11.4 Å². The molecule has 0 fully saturated rings. The Labute approximate surface area is 105 Å². The van der Waals surface area contributed by atoms with Crippen LogP contribution >= 0.6 is 0 Å². The summed E-state index contributed by atoms with van der Waals surface area (Å²) < 4.78 is 5.10. The molecule has 1 aromatic heterocycles. The van der Waals surface area contributed by atoms with Crippen LogP contribution in [-0.2, 0) is 0 Å². The van der Waals surface area contributed by atoms with E-state index in [-0.39, 0.29) is 6.61 Å². The lowest BCUT2D eigenvalue weighted by molar-refractivity contribution is 0.311. The smallest absolute Gasteiger partial charge is 0.161 e. The molecule has 94 valence electrons. The van der Waals surface area contributed by atoms with Crippen LogP contribution in [0.2, 0.25) is 0 Å². The predicted octanol–water partition coefficient (Wildman–Crippen LogP) is 1.56. The van der Waals surface area contributed by atoms with Crippen LogP contribution in [0.15, 0.2) is 36.5 Å². The molecule has 2 N–H and O–H groups in total. The van der Waals surface area contributed by atoms with Crippen LogP contribution in [-0.4, -0.2) is 35.3 Å². The second-order valence-electron chi connectivity index (χ2n) is 3.64. The number of nitrogens with zero attached hydrogens (tertiary/aromatic N) is 2. The van der Waals surface area contributed by atoms with Crippen molar-refractivity contribution in [3.05, 3.63) is 36.5 Å². The standard InChI is InChI=1S/C13H15N3O2/c1-18-11-4-2-10(3-5-11)13-15-7-6-12(16-13)14-8-9-17/h2-7,17H,8-9H2,1H3,(H,14,15,16). The van der Waals surface area contributed by atoms with Crippen molar-refractivity contribution in [3.63, 3.8) is 0 Å². The molecule has 0 radical (unpaired) electrons. The van der Waals surface area contributed by atoms with Gasteiger partial charge in [-0.25, -0.2) is 9.97 Å². The van der Waals surface area contributed by atoms with Crippen molar-refractivity contribution in [1.82, 2.24) is 9.97 Å². The number of benzene rings is 1. The molecule has 18 heavy (non-hydrogen) atoms. The number of rotatable bonds is 5. The topological polar surface area (TPSA) is 67.3 Å². The van der Waals surface area contributed by atoms with E-state index in [0.717, 1.165) is 11.3 Å². The Balaban J connectivity index is 2.20. The molecule has 0 atom stereocenters. The number of aliphatic hydroxyl groups excluding tert-OH is 1.